The number of anilines is 1. The molecule has 2 N–H and O–H groups in total. The maximum atomic E-state index is 12.0. The van der Waals surface area contributed by atoms with E-state index in [1.165, 1.54) is 11.8 Å². The molecule has 0 aliphatic rings. The van der Waals surface area contributed by atoms with Gasteiger partial charge in [-0.15, -0.1) is 0 Å². The SMILES string of the molecule is Cc1ncccc1NC(=O)NC(=O)CSc1nc2ccccc2nc1C. The van der Waals surface area contributed by atoms with Crippen LogP contribution in [0.2, 0.25) is 0 Å². The van der Waals surface area contributed by atoms with Crippen molar-refractivity contribution in [2.45, 2.75) is 18.9 Å². The summed E-state index contributed by atoms with van der Waals surface area (Å²) in [5.41, 5.74) is 3.56. The number of nitrogens with zero attached hydrogens (tertiary/aromatic N) is 3. The third-order valence-corrected chi connectivity index (χ3v) is 4.62. The first-order valence-corrected chi connectivity index (χ1v) is 8.90. The van der Waals surface area contributed by atoms with E-state index in [4.69, 9.17) is 0 Å². The van der Waals surface area contributed by atoms with Gasteiger partial charge in [-0.2, -0.15) is 0 Å². The Hall–Kier alpha value is -3.00. The van der Waals surface area contributed by atoms with Crippen molar-refractivity contribution in [2.75, 3.05) is 11.1 Å². The Bertz CT molecular complexity index is 977. The van der Waals surface area contributed by atoms with Crippen LogP contribution in [0.15, 0.2) is 47.6 Å². The Morgan fingerprint density at radius 2 is 1.73 bits per heavy atom. The van der Waals surface area contributed by atoms with Gasteiger partial charge in [0.05, 0.1) is 33.9 Å². The van der Waals surface area contributed by atoms with Crippen molar-refractivity contribution in [3.05, 3.63) is 54.0 Å². The molecule has 132 valence electrons. The summed E-state index contributed by atoms with van der Waals surface area (Å²) in [6.07, 6.45) is 1.63. The summed E-state index contributed by atoms with van der Waals surface area (Å²) >= 11 is 1.24. The molecule has 0 unspecified atom stereocenters. The highest BCUT2D eigenvalue weighted by molar-refractivity contribution is 7.99. The molecule has 0 aliphatic carbocycles. The molecule has 2 heterocycles. The van der Waals surface area contributed by atoms with Gasteiger partial charge in [0.25, 0.3) is 0 Å². The lowest BCUT2D eigenvalue weighted by molar-refractivity contribution is -0.117. The first-order chi connectivity index (χ1) is 12.5. The van der Waals surface area contributed by atoms with E-state index >= 15 is 0 Å². The Labute approximate surface area is 154 Å². The van der Waals surface area contributed by atoms with Crippen LogP contribution in [0.3, 0.4) is 0 Å². The van der Waals surface area contributed by atoms with Crippen LogP contribution in [0.25, 0.3) is 11.0 Å². The number of imide groups is 1. The standard InChI is InChI=1S/C18H17N5O2S/c1-11-13(8-5-9-19-11)22-18(25)23-16(24)10-26-17-12(2)20-14-6-3-4-7-15(14)21-17/h3-9H,10H2,1-2H3,(H2,22,23,24,25). The molecule has 0 saturated carbocycles. The average molecular weight is 367 g/mol. The lowest BCUT2D eigenvalue weighted by Gasteiger charge is -2.09. The van der Waals surface area contributed by atoms with Crippen LogP contribution in [-0.4, -0.2) is 32.6 Å². The van der Waals surface area contributed by atoms with Gasteiger partial charge in [-0.1, -0.05) is 23.9 Å². The molecule has 0 radical (unpaired) electrons. The summed E-state index contributed by atoms with van der Waals surface area (Å²) in [6, 6.07) is 10.4. The molecule has 3 amide bonds. The number of rotatable bonds is 4. The molecule has 2 aromatic heterocycles. The number of urea groups is 1. The Morgan fingerprint density at radius 3 is 2.46 bits per heavy atom. The predicted octanol–water partition coefficient (Wildman–Crippen LogP) is 3.08. The van der Waals surface area contributed by atoms with E-state index in [1.807, 2.05) is 31.2 Å². The van der Waals surface area contributed by atoms with E-state index in [1.54, 1.807) is 25.3 Å². The molecule has 1 aromatic carbocycles. The van der Waals surface area contributed by atoms with Crippen molar-refractivity contribution in [1.82, 2.24) is 20.3 Å². The van der Waals surface area contributed by atoms with Crippen LogP contribution >= 0.6 is 11.8 Å². The molecule has 8 heteroatoms. The highest BCUT2D eigenvalue weighted by atomic mass is 32.2. The fraction of sp³-hybridized carbons (Fsp3) is 0.167. The van der Waals surface area contributed by atoms with E-state index < -0.39 is 11.9 Å². The fourth-order valence-electron chi connectivity index (χ4n) is 2.28. The number of benzene rings is 1. The molecular weight excluding hydrogens is 350 g/mol. The number of thioether (sulfide) groups is 1. The second-order valence-electron chi connectivity index (χ2n) is 5.53. The minimum atomic E-state index is -0.590. The van der Waals surface area contributed by atoms with E-state index in [0.717, 1.165) is 16.7 Å². The van der Waals surface area contributed by atoms with Gasteiger partial charge in [-0.25, -0.2) is 14.8 Å². The van der Waals surface area contributed by atoms with Crippen molar-refractivity contribution < 1.29 is 9.59 Å². The van der Waals surface area contributed by atoms with Crippen molar-refractivity contribution in [3.8, 4) is 0 Å². The van der Waals surface area contributed by atoms with Crippen LogP contribution in [0.1, 0.15) is 11.4 Å². The van der Waals surface area contributed by atoms with E-state index in [0.29, 0.717) is 16.4 Å². The zero-order valence-electron chi connectivity index (χ0n) is 14.3. The number of aryl methyl sites for hydroxylation is 2. The Kier molecular flexibility index (Phi) is 5.43. The third-order valence-electron chi connectivity index (χ3n) is 3.55. The van der Waals surface area contributed by atoms with Gasteiger partial charge in [0.1, 0.15) is 5.03 Å². The summed E-state index contributed by atoms with van der Waals surface area (Å²) in [5.74, 6) is -0.351. The number of hydrogen-bond acceptors (Lipinski definition) is 6. The molecule has 0 fully saturated rings. The summed E-state index contributed by atoms with van der Waals surface area (Å²) in [6.45, 7) is 3.62. The van der Waals surface area contributed by atoms with Crippen molar-refractivity contribution in [2.24, 2.45) is 0 Å². The van der Waals surface area contributed by atoms with Crippen LogP contribution in [0.4, 0.5) is 10.5 Å². The highest BCUT2D eigenvalue weighted by Crippen LogP contribution is 2.21. The molecule has 0 spiro atoms. The third kappa shape index (κ3) is 4.34. The Morgan fingerprint density at radius 1 is 1.00 bits per heavy atom. The number of pyridine rings is 1. The van der Waals surface area contributed by atoms with Crippen LogP contribution in [-0.2, 0) is 4.79 Å². The van der Waals surface area contributed by atoms with Crippen LogP contribution < -0.4 is 10.6 Å². The van der Waals surface area contributed by atoms with Gasteiger partial charge in [-0.3, -0.25) is 15.1 Å². The number of amides is 3. The number of hydrogen-bond donors (Lipinski definition) is 2. The van der Waals surface area contributed by atoms with E-state index in [-0.39, 0.29) is 5.75 Å². The number of aromatic nitrogens is 3. The smallest absolute Gasteiger partial charge is 0.306 e. The number of para-hydroxylation sites is 2. The van der Waals surface area contributed by atoms with E-state index in [9.17, 15) is 9.59 Å². The molecule has 7 nitrogen and oxygen atoms in total. The normalized spacial score (nSPS) is 10.5. The second kappa shape index (κ2) is 7.92. The van der Waals surface area contributed by atoms with Gasteiger partial charge in [0, 0.05) is 6.20 Å². The number of fused-ring (bicyclic) bond motifs is 1. The van der Waals surface area contributed by atoms with E-state index in [2.05, 4.69) is 25.6 Å². The van der Waals surface area contributed by atoms with Gasteiger partial charge >= 0.3 is 6.03 Å². The van der Waals surface area contributed by atoms with Gasteiger partial charge < -0.3 is 5.32 Å². The maximum absolute atomic E-state index is 12.0. The van der Waals surface area contributed by atoms with Crippen molar-refractivity contribution >= 4 is 40.4 Å². The second-order valence-corrected chi connectivity index (χ2v) is 6.49. The van der Waals surface area contributed by atoms with Crippen LogP contribution in [0.5, 0.6) is 0 Å². The lowest BCUT2D eigenvalue weighted by Crippen LogP contribution is -2.35. The minimum absolute atomic E-state index is 0.0628. The quantitative estimate of drug-likeness (QED) is 0.688. The highest BCUT2D eigenvalue weighted by Gasteiger charge is 2.12. The zero-order chi connectivity index (χ0) is 18.5. The van der Waals surface area contributed by atoms with Crippen molar-refractivity contribution in [1.29, 1.82) is 0 Å². The molecule has 3 rings (SSSR count). The Balaban J connectivity index is 1.58. The van der Waals surface area contributed by atoms with Gasteiger partial charge in [0.2, 0.25) is 5.91 Å². The zero-order valence-corrected chi connectivity index (χ0v) is 15.1. The molecule has 0 atom stereocenters. The summed E-state index contributed by atoms with van der Waals surface area (Å²) in [7, 11) is 0. The molecule has 26 heavy (non-hydrogen) atoms. The topological polar surface area (TPSA) is 96.9 Å². The minimum Gasteiger partial charge on any atom is -0.306 e. The fourth-order valence-corrected chi connectivity index (χ4v) is 3.03. The first kappa shape index (κ1) is 17.8. The summed E-state index contributed by atoms with van der Waals surface area (Å²) < 4.78 is 0. The average Bonchev–Trinajstić information content (AvgIpc) is 2.62. The molecule has 0 bridgehead atoms. The molecule has 0 aliphatic heterocycles. The first-order valence-electron chi connectivity index (χ1n) is 7.91. The summed E-state index contributed by atoms with van der Waals surface area (Å²) in [4.78, 5) is 37.0. The number of carbonyl (C=O) groups excluding carboxylic acids is 2. The van der Waals surface area contributed by atoms with Gasteiger partial charge in [-0.05, 0) is 38.1 Å². The van der Waals surface area contributed by atoms with Crippen LogP contribution in [0, 0.1) is 13.8 Å². The van der Waals surface area contributed by atoms with Crippen molar-refractivity contribution in [3.63, 3.8) is 0 Å². The molecule has 0 saturated heterocycles. The number of carbonyl (C=O) groups is 2. The predicted molar refractivity (Wildman–Crippen MR) is 101 cm³/mol. The molecular formula is C18H17N5O2S. The largest absolute Gasteiger partial charge is 0.325 e. The molecule has 3 aromatic rings. The monoisotopic (exact) mass is 367 g/mol. The lowest BCUT2D eigenvalue weighted by atomic mass is 10.3. The number of nitrogens with one attached hydrogen (secondary N) is 2. The summed E-state index contributed by atoms with van der Waals surface area (Å²) in [5, 5.41) is 5.57. The van der Waals surface area contributed by atoms with Gasteiger partial charge in [0.15, 0.2) is 0 Å². The maximum Gasteiger partial charge on any atom is 0.325 e.